The Labute approximate surface area is 112 Å². The van der Waals surface area contributed by atoms with E-state index in [9.17, 15) is 15.0 Å². The quantitative estimate of drug-likeness (QED) is 0.435. The highest BCUT2D eigenvalue weighted by molar-refractivity contribution is 5.94. The van der Waals surface area contributed by atoms with Crippen LogP contribution >= 0.6 is 0 Å². The fourth-order valence-electron chi connectivity index (χ4n) is 3.15. The summed E-state index contributed by atoms with van der Waals surface area (Å²) in [6.45, 7) is 2.14. The molecule has 0 spiro atoms. The molecule has 2 N–H and O–H groups in total. The zero-order chi connectivity index (χ0) is 13.6. The first-order chi connectivity index (χ1) is 9.15. The first-order valence-corrected chi connectivity index (χ1v) is 7.11. The number of aliphatic hydroxyl groups is 2. The Morgan fingerprint density at radius 1 is 1.11 bits per heavy atom. The molecule has 106 valence electrons. The van der Waals surface area contributed by atoms with Crippen molar-refractivity contribution in [3.63, 3.8) is 0 Å². The van der Waals surface area contributed by atoms with Gasteiger partial charge in [0.1, 0.15) is 30.5 Å². The van der Waals surface area contributed by atoms with Crippen LogP contribution in [0.2, 0.25) is 0 Å². The lowest BCUT2D eigenvalue weighted by molar-refractivity contribution is -0.141. The predicted molar refractivity (Wildman–Crippen MR) is 66.3 cm³/mol. The van der Waals surface area contributed by atoms with Gasteiger partial charge < -0.3 is 19.7 Å². The number of rotatable bonds is 5. The van der Waals surface area contributed by atoms with Crippen molar-refractivity contribution in [3.8, 4) is 0 Å². The van der Waals surface area contributed by atoms with Gasteiger partial charge in [-0.15, -0.1) is 0 Å². The molecular formula is C14H20O5. The van der Waals surface area contributed by atoms with Crippen LogP contribution in [0.4, 0.5) is 0 Å². The van der Waals surface area contributed by atoms with Crippen molar-refractivity contribution in [2.45, 2.75) is 69.5 Å². The van der Waals surface area contributed by atoms with E-state index in [1.165, 1.54) is 0 Å². The number of unbranched alkanes of at least 4 members (excludes halogenated alkanes) is 3. The predicted octanol–water partition coefficient (Wildman–Crippen LogP) is 0.682. The maximum atomic E-state index is 11.8. The molecule has 0 bridgehead atoms. The van der Waals surface area contributed by atoms with Crippen LogP contribution < -0.4 is 0 Å². The Kier molecular flexibility index (Phi) is 3.37. The Bertz CT molecular complexity index is 416. The lowest BCUT2D eigenvalue weighted by atomic mass is 9.85. The average Bonchev–Trinajstić information content (AvgIpc) is 3.12. The average molecular weight is 268 g/mol. The zero-order valence-corrected chi connectivity index (χ0v) is 11.0. The molecule has 5 heteroatoms. The van der Waals surface area contributed by atoms with E-state index < -0.39 is 24.3 Å². The summed E-state index contributed by atoms with van der Waals surface area (Å²) in [4.78, 5) is 11.8. The molecule has 1 fully saturated rings. The minimum atomic E-state index is -0.934. The van der Waals surface area contributed by atoms with E-state index >= 15 is 0 Å². The molecule has 0 amide bonds. The lowest BCUT2D eigenvalue weighted by Crippen LogP contribution is -2.36. The summed E-state index contributed by atoms with van der Waals surface area (Å²) < 4.78 is 10.5. The van der Waals surface area contributed by atoms with E-state index in [0.717, 1.165) is 25.7 Å². The van der Waals surface area contributed by atoms with Crippen molar-refractivity contribution in [3.05, 3.63) is 11.1 Å². The Hall–Kier alpha value is -0.910. The first-order valence-electron chi connectivity index (χ1n) is 7.11. The van der Waals surface area contributed by atoms with Gasteiger partial charge in [0, 0.05) is 5.57 Å². The highest BCUT2D eigenvalue weighted by Gasteiger charge is 2.60. The molecule has 5 nitrogen and oxygen atoms in total. The number of ether oxygens (including phenoxy) is 2. The van der Waals surface area contributed by atoms with Crippen molar-refractivity contribution in [1.82, 2.24) is 0 Å². The van der Waals surface area contributed by atoms with Crippen molar-refractivity contribution >= 4 is 5.97 Å². The molecule has 0 radical (unpaired) electrons. The third kappa shape index (κ3) is 2.10. The van der Waals surface area contributed by atoms with Gasteiger partial charge in [-0.25, -0.2) is 4.79 Å². The number of hydrogen-bond acceptors (Lipinski definition) is 5. The Morgan fingerprint density at radius 2 is 1.84 bits per heavy atom. The fourth-order valence-corrected chi connectivity index (χ4v) is 3.15. The maximum absolute atomic E-state index is 11.8. The van der Waals surface area contributed by atoms with Gasteiger partial charge in [-0.2, -0.15) is 0 Å². The third-order valence-corrected chi connectivity index (χ3v) is 4.25. The monoisotopic (exact) mass is 268 g/mol. The summed E-state index contributed by atoms with van der Waals surface area (Å²) in [7, 11) is 0. The fraction of sp³-hybridized carbons (Fsp3) is 0.786. The summed E-state index contributed by atoms with van der Waals surface area (Å²) in [6.07, 6.45) is 2.17. The molecule has 2 heterocycles. The van der Waals surface area contributed by atoms with E-state index in [4.69, 9.17) is 9.47 Å². The summed E-state index contributed by atoms with van der Waals surface area (Å²) in [5.74, 6) is -0.490. The highest BCUT2D eigenvalue weighted by atomic mass is 16.6. The SMILES string of the molecule is CCCCCC[C@H]1OC(=O)C2=C1[C@@H](O)[C@@H]1O[C@@H]1[C@@H]2O. The second kappa shape index (κ2) is 4.89. The van der Waals surface area contributed by atoms with Crippen LogP contribution in [-0.4, -0.2) is 46.7 Å². The van der Waals surface area contributed by atoms with E-state index in [1.807, 2.05) is 0 Å². The van der Waals surface area contributed by atoms with Gasteiger partial charge in [-0.1, -0.05) is 26.2 Å². The zero-order valence-electron chi connectivity index (χ0n) is 11.0. The number of fused-ring (bicyclic) bond motifs is 1. The van der Waals surface area contributed by atoms with Crippen LogP contribution in [0.15, 0.2) is 11.1 Å². The molecule has 0 unspecified atom stereocenters. The van der Waals surface area contributed by atoms with Gasteiger partial charge in [-0.3, -0.25) is 0 Å². The van der Waals surface area contributed by atoms with Crippen LogP contribution in [-0.2, 0) is 14.3 Å². The largest absolute Gasteiger partial charge is 0.454 e. The molecule has 3 rings (SSSR count). The molecule has 3 aliphatic rings. The molecule has 0 aromatic heterocycles. The summed E-state index contributed by atoms with van der Waals surface area (Å²) in [5.41, 5.74) is 0.805. The van der Waals surface area contributed by atoms with Crippen LogP contribution in [0.1, 0.15) is 39.0 Å². The summed E-state index contributed by atoms with van der Waals surface area (Å²) in [5, 5.41) is 20.2. The van der Waals surface area contributed by atoms with Gasteiger partial charge >= 0.3 is 5.97 Å². The van der Waals surface area contributed by atoms with Crippen LogP contribution in [0.25, 0.3) is 0 Å². The topological polar surface area (TPSA) is 79.3 Å². The van der Waals surface area contributed by atoms with Gasteiger partial charge in [0.25, 0.3) is 0 Å². The second-order valence-electron chi connectivity index (χ2n) is 5.57. The summed E-state index contributed by atoms with van der Waals surface area (Å²) >= 11 is 0. The third-order valence-electron chi connectivity index (χ3n) is 4.25. The molecule has 19 heavy (non-hydrogen) atoms. The van der Waals surface area contributed by atoms with Crippen LogP contribution in [0.3, 0.4) is 0 Å². The van der Waals surface area contributed by atoms with Crippen molar-refractivity contribution < 1.29 is 24.5 Å². The van der Waals surface area contributed by atoms with E-state index in [-0.39, 0.29) is 17.8 Å². The van der Waals surface area contributed by atoms with Gasteiger partial charge in [-0.05, 0) is 12.8 Å². The Morgan fingerprint density at radius 3 is 2.58 bits per heavy atom. The normalized spacial score (nSPS) is 39.9. The van der Waals surface area contributed by atoms with Crippen LogP contribution in [0.5, 0.6) is 0 Å². The molecule has 2 aliphatic heterocycles. The number of hydrogen-bond donors (Lipinski definition) is 2. The van der Waals surface area contributed by atoms with Gasteiger partial charge in [0.15, 0.2) is 0 Å². The molecular weight excluding hydrogens is 248 g/mol. The Balaban J connectivity index is 1.72. The highest BCUT2D eigenvalue weighted by Crippen LogP contribution is 2.45. The van der Waals surface area contributed by atoms with Gasteiger partial charge in [0.2, 0.25) is 0 Å². The van der Waals surface area contributed by atoms with Gasteiger partial charge in [0.05, 0.1) is 5.57 Å². The minimum absolute atomic E-state index is 0.242. The second-order valence-corrected chi connectivity index (χ2v) is 5.57. The standard InChI is InChI=1S/C14H20O5/c1-2-3-4-5-6-7-8-9(14(17)18-7)11(16)13-12(19-13)10(8)15/h7,10-13,15-16H,2-6H2,1H3/t7-,10-,11-,12+,13-/m1/s1. The molecule has 0 aromatic carbocycles. The smallest absolute Gasteiger partial charge is 0.337 e. The maximum Gasteiger partial charge on any atom is 0.337 e. The molecule has 0 aromatic rings. The minimum Gasteiger partial charge on any atom is -0.454 e. The molecule has 5 atom stereocenters. The molecule has 1 aliphatic carbocycles. The van der Waals surface area contributed by atoms with E-state index in [1.54, 1.807) is 0 Å². The number of aliphatic hydroxyl groups excluding tert-OH is 2. The van der Waals surface area contributed by atoms with Crippen molar-refractivity contribution in [1.29, 1.82) is 0 Å². The van der Waals surface area contributed by atoms with Crippen LogP contribution in [0, 0.1) is 0 Å². The lowest BCUT2D eigenvalue weighted by Gasteiger charge is -2.21. The van der Waals surface area contributed by atoms with Crippen molar-refractivity contribution in [2.24, 2.45) is 0 Å². The number of esters is 1. The summed E-state index contributed by atoms with van der Waals surface area (Å²) in [6, 6.07) is 0. The number of carbonyl (C=O) groups excluding carboxylic acids is 1. The van der Waals surface area contributed by atoms with E-state index in [0.29, 0.717) is 12.0 Å². The van der Waals surface area contributed by atoms with E-state index in [2.05, 4.69) is 6.92 Å². The number of cyclic esters (lactones) is 1. The van der Waals surface area contributed by atoms with Crippen molar-refractivity contribution in [2.75, 3.05) is 0 Å². The molecule has 0 saturated carbocycles. The first kappa shape index (κ1) is 13.1. The number of epoxide rings is 1. The number of carbonyl (C=O) groups is 1. The molecule has 1 saturated heterocycles.